The van der Waals surface area contributed by atoms with Gasteiger partial charge in [-0.05, 0) is 0 Å². The summed E-state index contributed by atoms with van der Waals surface area (Å²) in [6.45, 7) is -0.801. The predicted molar refractivity (Wildman–Crippen MR) is 79.6 cm³/mol. The second-order valence-electron chi connectivity index (χ2n) is 6.32. The first-order chi connectivity index (χ1) is 12.4. The van der Waals surface area contributed by atoms with Crippen molar-refractivity contribution in [3.63, 3.8) is 0 Å². The minimum atomic E-state index is -5.27. The van der Waals surface area contributed by atoms with Crippen LogP contribution >= 0.6 is 7.82 Å². The number of hydrogen-bond donors (Lipinski definition) is 10. The van der Waals surface area contributed by atoms with Gasteiger partial charge in [-0.2, -0.15) is 0 Å². The summed E-state index contributed by atoms with van der Waals surface area (Å²) >= 11 is 0. The van der Waals surface area contributed by atoms with E-state index in [2.05, 4.69) is 4.52 Å². The average molecular weight is 422 g/mol. The second-order valence-corrected chi connectivity index (χ2v) is 7.51. The van der Waals surface area contributed by atoms with E-state index in [4.69, 9.17) is 24.4 Å². The lowest BCUT2D eigenvalue weighted by Crippen LogP contribution is -2.67. The Hall–Kier alpha value is -0.290. The number of phosphoric ester groups is 1. The van der Waals surface area contributed by atoms with Crippen LogP contribution in [0.25, 0.3) is 0 Å². The van der Waals surface area contributed by atoms with E-state index in [1.54, 1.807) is 0 Å². The SMILES string of the molecule is O=P(O)(O)OC1C(O)C(O)C(O)C(O)C1OC1O[C@H](CO)[C@@H](O)[C@H](O)[C@@H]1O. The van der Waals surface area contributed by atoms with Crippen molar-refractivity contribution in [2.45, 2.75) is 67.3 Å². The van der Waals surface area contributed by atoms with Gasteiger partial charge in [0.2, 0.25) is 0 Å². The average Bonchev–Trinajstić information content (AvgIpc) is 2.60. The van der Waals surface area contributed by atoms with Gasteiger partial charge in [0, 0.05) is 0 Å². The number of phosphoric acid groups is 1. The van der Waals surface area contributed by atoms with Gasteiger partial charge in [-0.1, -0.05) is 0 Å². The summed E-state index contributed by atoms with van der Waals surface area (Å²) in [5.74, 6) is 0. The third-order valence-electron chi connectivity index (χ3n) is 4.45. The van der Waals surface area contributed by atoms with Crippen molar-refractivity contribution in [1.82, 2.24) is 0 Å². The lowest BCUT2D eigenvalue weighted by Gasteiger charge is -2.46. The molecule has 0 bridgehead atoms. The Bertz CT molecular complexity index is 540. The van der Waals surface area contributed by atoms with Crippen molar-refractivity contribution in [3.05, 3.63) is 0 Å². The van der Waals surface area contributed by atoms with E-state index in [9.17, 15) is 40.3 Å². The molecule has 14 nitrogen and oxygen atoms in total. The van der Waals surface area contributed by atoms with E-state index >= 15 is 0 Å². The van der Waals surface area contributed by atoms with E-state index < -0.39 is 81.8 Å². The molecule has 0 radical (unpaired) electrons. The molecular weight excluding hydrogens is 399 g/mol. The maximum Gasteiger partial charge on any atom is 0.470 e. The maximum atomic E-state index is 11.1. The molecule has 0 aromatic carbocycles. The number of rotatable bonds is 5. The van der Waals surface area contributed by atoms with Crippen molar-refractivity contribution in [2.24, 2.45) is 0 Å². The molecule has 1 heterocycles. The molecule has 7 unspecified atom stereocenters. The highest BCUT2D eigenvalue weighted by Crippen LogP contribution is 2.42. The molecule has 27 heavy (non-hydrogen) atoms. The van der Waals surface area contributed by atoms with Gasteiger partial charge in [0.25, 0.3) is 0 Å². The lowest BCUT2D eigenvalue weighted by atomic mass is 9.84. The van der Waals surface area contributed by atoms with Crippen LogP contribution in [0.4, 0.5) is 0 Å². The molecule has 0 spiro atoms. The van der Waals surface area contributed by atoms with Crippen molar-refractivity contribution in [1.29, 1.82) is 0 Å². The van der Waals surface area contributed by atoms with Gasteiger partial charge in [0.05, 0.1) is 6.61 Å². The topological polar surface area (TPSA) is 247 Å². The van der Waals surface area contributed by atoms with Crippen LogP contribution in [0.1, 0.15) is 0 Å². The molecule has 11 atom stereocenters. The minimum absolute atomic E-state index is 0.801. The molecule has 0 amide bonds. The Kier molecular flexibility index (Phi) is 7.33. The fourth-order valence-corrected chi connectivity index (χ4v) is 3.52. The molecule has 1 aliphatic heterocycles. The number of aliphatic hydroxyl groups excluding tert-OH is 8. The van der Waals surface area contributed by atoms with E-state index in [0.29, 0.717) is 0 Å². The van der Waals surface area contributed by atoms with Gasteiger partial charge in [0.1, 0.15) is 61.0 Å². The van der Waals surface area contributed by atoms with Gasteiger partial charge >= 0.3 is 7.82 Å². The van der Waals surface area contributed by atoms with Gasteiger partial charge < -0.3 is 60.1 Å². The van der Waals surface area contributed by atoms with E-state index in [1.807, 2.05) is 0 Å². The summed E-state index contributed by atoms with van der Waals surface area (Å²) < 4.78 is 25.7. The van der Waals surface area contributed by atoms with Crippen LogP contribution in [-0.2, 0) is 18.6 Å². The van der Waals surface area contributed by atoms with Crippen LogP contribution in [0.5, 0.6) is 0 Å². The number of hydrogen-bond acceptors (Lipinski definition) is 12. The first kappa shape index (κ1) is 23.0. The third-order valence-corrected chi connectivity index (χ3v) is 4.96. The summed E-state index contributed by atoms with van der Waals surface area (Å²) in [5.41, 5.74) is 0. The van der Waals surface area contributed by atoms with Gasteiger partial charge in [-0.25, -0.2) is 4.57 Å². The Balaban J connectivity index is 2.27. The van der Waals surface area contributed by atoms with Crippen molar-refractivity contribution >= 4 is 7.82 Å². The maximum absolute atomic E-state index is 11.1. The molecule has 1 saturated carbocycles. The fourth-order valence-electron chi connectivity index (χ4n) is 2.95. The van der Waals surface area contributed by atoms with Crippen LogP contribution in [0.15, 0.2) is 0 Å². The first-order valence-electron chi connectivity index (χ1n) is 7.81. The standard InChI is InChI=1S/C12H23O14P/c13-1-2-3(14)4(15)9(20)12(24-2)25-10-7(18)5(16)6(17)8(19)11(10)26-27(21,22)23/h2-20H,1H2,(H2,21,22,23)/t2-,3-,4+,5?,6?,7?,8?,9+,10?,11?,12?/m1/s1. The van der Waals surface area contributed by atoms with Crippen molar-refractivity contribution < 1.29 is 69.2 Å². The summed E-state index contributed by atoms with van der Waals surface area (Å²) in [4.78, 5) is 17.9. The van der Waals surface area contributed by atoms with E-state index in [-0.39, 0.29) is 0 Å². The van der Waals surface area contributed by atoms with Crippen LogP contribution in [0.2, 0.25) is 0 Å². The Morgan fingerprint density at radius 2 is 1.22 bits per heavy atom. The molecule has 0 aromatic heterocycles. The molecule has 1 saturated heterocycles. The van der Waals surface area contributed by atoms with Crippen LogP contribution in [-0.4, -0.2) is 125 Å². The summed E-state index contributed by atoms with van der Waals surface area (Å²) in [5, 5.41) is 78.0. The zero-order chi connectivity index (χ0) is 20.7. The summed E-state index contributed by atoms with van der Waals surface area (Å²) in [6, 6.07) is 0. The molecule has 2 rings (SSSR count). The molecule has 1 aliphatic carbocycles. The highest BCUT2D eigenvalue weighted by molar-refractivity contribution is 7.46. The zero-order valence-corrected chi connectivity index (χ0v) is 14.5. The minimum Gasteiger partial charge on any atom is -0.394 e. The molecule has 2 aliphatic rings. The molecule has 2 fully saturated rings. The molecule has 0 aromatic rings. The number of ether oxygens (including phenoxy) is 2. The fraction of sp³-hybridized carbons (Fsp3) is 1.00. The van der Waals surface area contributed by atoms with Crippen LogP contribution in [0, 0.1) is 0 Å². The number of aliphatic hydroxyl groups is 8. The van der Waals surface area contributed by atoms with Crippen molar-refractivity contribution in [3.8, 4) is 0 Å². The first-order valence-corrected chi connectivity index (χ1v) is 9.34. The predicted octanol–water partition coefficient (Wildman–Crippen LogP) is -5.89. The zero-order valence-electron chi connectivity index (χ0n) is 13.6. The van der Waals surface area contributed by atoms with Gasteiger partial charge in [0.15, 0.2) is 6.29 Å². The van der Waals surface area contributed by atoms with Crippen LogP contribution in [0.3, 0.4) is 0 Å². The molecule has 10 N–H and O–H groups in total. The highest BCUT2D eigenvalue weighted by Gasteiger charge is 2.54. The molecular formula is C12H23O14P. The Morgan fingerprint density at radius 3 is 1.70 bits per heavy atom. The smallest absolute Gasteiger partial charge is 0.394 e. The lowest BCUT2D eigenvalue weighted by molar-refractivity contribution is -0.338. The summed E-state index contributed by atoms with van der Waals surface area (Å²) in [6.07, 6.45) is -21.1. The van der Waals surface area contributed by atoms with E-state index in [1.165, 1.54) is 0 Å². The van der Waals surface area contributed by atoms with Gasteiger partial charge in [-0.15, -0.1) is 0 Å². The van der Waals surface area contributed by atoms with Crippen molar-refractivity contribution in [2.75, 3.05) is 6.61 Å². The monoisotopic (exact) mass is 422 g/mol. The Morgan fingerprint density at radius 1 is 0.741 bits per heavy atom. The Labute approximate surface area is 152 Å². The normalized spacial score (nSPS) is 49.2. The summed E-state index contributed by atoms with van der Waals surface area (Å²) in [7, 11) is -5.27. The highest BCUT2D eigenvalue weighted by atomic mass is 31.2. The second kappa shape index (κ2) is 8.61. The largest absolute Gasteiger partial charge is 0.470 e. The third kappa shape index (κ3) is 4.83. The molecule has 15 heteroatoms. The van der Waals surface area contributed by atoms with E-state index in [0.717, 1.165) is 0 Å². The quantitative estimate of drug-likeness (QED) is 0.185. The van der Waals surface area contributed by atoms with Gasteiger partial charge in [-0.3, -0.25) is 4.52 Å². The van der Waals surface area contributed by atoms with Crippen LogP contribution < -0.4 is 0 Å². The molecule has 160 valence electrons.